The number of ether oxygens (including phenoxy) is 2. The van der Waals surface area contributed by atoms with Crippen LogP contribution in [0.2, 0.25) is 0 Å². The lowest BCUT2D eigenvalue weighted by Crippen LogP contribution is -2.38. The molecule has 3 aromatic heterocycles. The van der Waals surface area contributed by atoms with Gasteiger partial charge in [0, 0.05) is 37.0 Å². The predicted molar refractivity (Wildman–Crippen MR) is 130 cm³/mol. The van der Waals surface area contributed by atoms with Crippen molar-refractivity contribution in [2.75, 3.05) is 12.4 Å². The quantitative estimate of drug-likeness (QED) is 0.284. The van der Waals surface area contributed by atoms with Gasteiger partial charge < -0.3 is 29.9 Å². The van der Waals surface area contributed by atoms with Crippen LogP contribution in [0.4, 0.5) is 20.8 Å². The summed E-state index contributed by atoms with van der Waals surface area (Å²) in [5, 5.41) is 14.9. The number of aromatic nitrogens is 5. The van der Waals surface area contributed by atoms with Gasteiger partial charge in [0.2, 0.25) is 0 Å². The van der Waals surface area contributed by atoms with E-state index in [0.29, 0.717) is 35.1 Å². The topological polar surface area (TPSA) is 157 Å². The van der Waals surface area contributed by atoms with Gasteiger partial charge in [-0.15, -0.1) is 0 Å². The Morgan fingerprint density at radius 1 is 1.30 bits per heavy atom. The van der Waals surface area contributed by atoms with E-state index in [4.69, 9.17) is 14.0 Å². The second-order valence-corrected chi connectivity index (χ2v) is 10.3. The summed E-state index contributed by atoms with van der Waals surface area (Å²) in [6, 6.07) is 3.56. The van der Waals surface area contributed by atoms with E-state index in [2.05, 4.69) is 25.8 Å². The van der Waals surface area contributed by atoms with Gasteiger partial charge in [0.1, 0.15) is 30.3 Å². The lowest BCUT2D eigenvalue weighted by molar-refractivity contribution is 0.0583. The summed E-state index contributed by atoms with van der Waals surface area (Å²) in [6.45, 7) is 2.00. The second-order valence-electron chi connectivity index (χ2n) is 9.58. The van der Waals surface area contributed by atoms with Gasteiger partial charge >= 0.3 is 14.7 Å². The van der Waals surface area contributed by atoms with Crippen LogP contribution >= 0.6 is 8.60 Å². The van der Waals surface area contributed by atoms with Crippen LogP contribution in [-0.2, 0) is 27.3 Å². The molecule has 13 nitrogen and oxygen atoms in total. The Balaban J connectivity index is 1.35. The van der Waals surface area contributed by atoms with E-state index in [1.54, 1.807) is 30.1 Å². The maximum absolute atomic E-state index is 14.8. The summed E-state index contributed by atoms with van der Waals surface area (Å²) >= 11 is 0. The van der Waals surface area contributed by atoms with E-state index >= 15 is 0 Å². The van der Waals surface area contributed by atoms with Crippen LogP contribution in [0.5, 0.6) is 0 Å². The Kier molecular flexibility index (Phi) is 7.28. The third-order valence-electron chi connectivity index (χ3n) is 6.58. The SMILES string of the molecule is COCc1cc2c(Nc3cc(C4CC(F)C(OC(=O)NC5(C)CC5)C4)nn3COP(O)O)nccn2n1. The van der Waals surface area contributed by atoms with Crippen LogP contribution in [0.15, 0.2) is 24.5 Å². The number of carbonyl (C=O) groups excluding carboxylic acids is 1. The number of alkyl halides is 1. The van der Waals surface area contributed by atoms with Crippen molar-refractivity contribution < 1.29 is 33.0 Å². The highest BCUT2D eigenvalue weighted by molar-refractivity contribution is 7.39. The van der Waals surface area contributed by atoms with Gasteiger partial charge in [-0.1, -0.05) is 0 Å². The van der Waals surface area contributed by atoms with Crippen LogP contribution in [0.1, 0.15) is 49.9 Å². The number of anilines is 2. The van der Waals surface area contributed by atoms with E-state index in [9.17, 15) is 19.0 Å². The number of nitrogens with zero attached hydrogens (tertiary/aromatic N) is 5. The van der Waals surface area contributed by atoms with E-state index in [1.165, 1.54) is 4.68 Å². The molecule has 3 aromatic rings. The highest BCUT2D eigenvalue weighted by Crippen LogP contribution is 2.40. The molecule has 15 heteroatoms. The molecule has 0 spiro atoms. The Morgan fingerprint density at radius 3 is 2.84 bits per heavy atom. The molecule has 2 fully saturated rings. The summed E-state index contributed by atoms with van der Waals surface area (Å²) in [4.78, 5) is 35.1. The molecule has 0 aromatic carbocycles. The third-order valence-corrected chi connectivity index (χ3v) is 6.93. The molecule has 1 amide bonds. The standard InChI is InChI=1S/C22H29FN7O6P/c1-22(3-4-22)26-21(31)36-18-8-13(7-15(18)23)16-10-19(30(28-16)12-35-37(32)33)25-20-17-9-14(11-34-2)27-29(17)6-5-24-20/h5-6,9-10,13,15,18,32-33H,3-4,7-8,11-12H2,1-2H3,(H,24,25)(H,26,31). The average molecular weight is 537 g/mol. The fourth-order valence-corrected chi connectivity index (χ4v) is 4.60. The molecule has 3 heterocycles. The Bertz CT molecular complexity index is 1270. The molecule has 5 rings (SSSR count). The number of alkyl carbamates (subject to hydrolysis) is 1. The monoisotopic (exact) mass is 537 g/mol. The summed E-state index contributed by atoms with van der Waals surface area (Å²) < 4.78 is 33.4. The van der Waals surface area contributed by atoms with Crippen molar-refractivity contribution in [1.82, 2.24) is 29.7 Å². The fourth-order valence-electron chi connectivity index (χ4n) is 4.39. The van der Waals surface area contributed by atoms with Crippen molar-refractivity contribution in [2.24, 2.45) is 0 Å². The Morgan fingerprint density at radius 2 is 2.11 bits per heavy atom. The summed E-state index contributed by atoms with van der Waals surface area (Å²) in [5.74, 6) is 0.602. The molecule has 0 radical (unpaired) electrons. The van der Waals surface area contributed by atoms with Crippen LogP contribution < -0.4 is 10.6 Å². The molecule has 0 saturated heterocycles. The van der Waals surface area contributed by atoms with Gasteiger partial charge in [0.05, 0.1) is 18.0 Å². The largest absolute Gasteiger partial charge is 0.443 e. The predicted octanol–water partition coefficient (Wildman–Crippen LogP) is 2.86. The van der Waals surface area contributed by atoms with Crippen molar-refractivity contribution in [3.63, 3.8) is 0 Å². The highest BCUT2D eigenvalue weighted by atomic mass is 31.2. The third kappa shape index (κ3) is 5.99. The molecule has 37 heavy (non-hydrogen) atoms. The van der Waals surface area contributed by atoms with Gasteiger partial charge in [0.25, 0.3) is 0 Å². The number of rotatable bonds is 10. The van der Waals surface area contributed by atoms with Crippen molar-refractivity contribution in [3.8, 4) is 0 Å². The Labute approximate surface area is 212 Å². The molecule has 2 aliphatic carbocycles. The zero-order valence-electron chi connectivity index (χ0n) is 20.4. The lowest BCUT2D eigenvalue weighted by Gasteiger charge is -2.17. The molecule has 4 N–H and O–H groups in total. The molecule has 2 aliphatic rings. The van der Waals surface area contributed by atoms with Crippen molar-refractivity contribution in [1.29, 1.82) is 0 Å². The van der Waals surface area contributed by atoms with Gasteiger partial charge in [-0.05, 0) is 38.7 Å². The second kappa shape index (κ2) is 10.5. The number of carbonyl (C=O) groups is 1. The van der Waals surface area contributed by atoms with E-state index < -0.39 is 27.0 Å². The minimum Gasteiger partial charge on any atom is -0.443 e. The molecule has 0 aliphatic heterocycles. The first-order valence-electron chi connectivity index (χ1n) is 11.8. The number of fused-ring (bicyclic) bond motifs is 1. The molecular formula is C22H29FN7O6P. The number of amides is 1. The van der Waals surface area contributed by atoms with E-state index in [0.717, 1.165) is 12.8 Å². The van der Waals surface area contributed by atoms with Crippen LogP contribution in [0, 0.1) is 0 Å². The van der Waals surface area contributed by atoms with Gasteiger partial charge in [-0.2, -0.15) is 10.2 Å². The first-order chi connectivity index (χ1) is 17.7. The summed E-state index contributed by atoms with van der Waals surface area (Å²) in [5.41, 5.74) is 1.70. The first kappa shape index (κ1) is 25.7. The first-order valence-corrected chi connectivity index (χ1v) is 13.0. The number of hydrogen-bond donors (Lipinski definition) is 4. The van der Waals surface area contributed by atoms with Gasteiger partial charge in [-0.3, -0.25) is 4.52 Å². The molecule has 0 bridgehead atoms. The smallest absolute Gasteiger partial charge is 0.407 e. The van der Waals surface area contributed by atoms with Crippen molar-refractivity contribution >= 4 is 31.8 Å². The Hall–Kier alpha value is -2.90. The zero-order chi connectivity index (χ0) is 26.2. The number of halogens is 1. The maximum atomic E-state index is 14.8. The number of nitrogens with one attached hydrogen (secondary N) is 2. The molecule has 3 atom stereocenters. The van der Waals surface area contributed by atoms with Gasteiger partial charge in [0.15, 0.2) is 5.82 Å². The van der Waals surface area contributed by atoms with Gasteiger partial charge in [-0.25, -0.2) is 23.4 Å². The van der Waals surface area contributed by atoms with Crippen molar-refractivity contribution in [2.45, 2.75) is 69.7 Å². The van der Waals surface area contributed by atoms with E-state index in [1.807, 2.05) is 13.0 Å². The number of hydrogen-bond acceptors (Lipinski definition) is 10. The molecule has 3 unspecified atom stereocenters. The minimum atomic E-state index is -2.61. The van der Waals surface area contributed by atoms with Crippen LogP contribution in [0.3, 0.4) is 0 Å². The van der Waals surface area contributed by atoms with Crippen molar-refractivity contribution in [3.05, 3.63) is 35.9 Å². The maximum Gasteiger partial charge on any atom is 0.407 e. The molecular weight excluding hydrogens is 508 g/mol. The van der Waals surface area contributed by atoms with Crippen LogP contribution in [-0.4, -0.2) is 65.2 Å². The van der Waals surface area contributed by atoms with E-state index in [-0.39, 0.29) is 31.0 Å². The average Bonchev–Trinajstić information content (AvgIpc) is 3.16. The zero-order valence-corrected chi connectivity index (χ0v) is 21.3. The highest BCUT2D eigenvalue weighted by Gasteiger charge is 2.42. The normalized spacial score (nSPS) is 22.5. The lowest BCUT2D eigenvalue weighted by atomic mass is 10.0. The van der Waals surface area contributed by atoms with Crippen LogP contribution in [0.25, 0.3) is 5.52 Å². The molecule has 2 saturated carbocycles. The number of methoxy groups -OCH3 is 1. The molecule has 200 valence electrons. The minimum absolute atomic E-state index is 0.135. The fraction of sp³-hybridized carbons (Fsp3) is 0.545. The summed E-state index contributed by atoms with van der Waals surface area (Å²) in [6.07, 6.45) is 2.63. The summed E-state index contributed by atoms with van der Waals surface area (Å²) in [7, 11) is -1.03.